The number of halogens is 1. The van der Waals surface area contributed by atoms with Gasteiger partial charge in [-0.3, -0.25) is 4.79 Å². The molecule has 1 saturated carbocycles. The zero-order chi connectivity index (χ0) is 14.2. The Morgan fingerprint density at radius 1 is 1.37 bits per heavy atom. The molecule has 0 saturated heterocycles. The van der Waals surface area contributed by atoms with Crippen molar-refractivity contribution < 1.29 is 17.6 Å². The Bertz CT molecular complexity index is 609. The van der Waals surface area contributed by atoms with Gasteiger partial charge < -0.3 is 5.32 Å². The molecule has 3 N–H and O–H groups in total. The van der Waals surface area contributed by atoms with E-state index in [0.717, 1.165) is 31.0 Å². The van der Waals surface area contributed by atoms with Gasteiger partial charge in [-0.2, -0.15) is 0 Å². The van der Waals surface area contributed by atoms with Crippen molar-refractivity contribution >= 4 is 15.9 Å². The molecule has 0 aliphatic heterocycles. The molecule has 2 rings (SSSR count). The van der Waals surface area contributed by atoms with Crippen molar-refractivity contribution in [1.82, 2.24) is 5.32 Å². The molecule has 19 heavy (non-hydrogen) atoms. The Morgan fingerprint density at radius 3 is 2.53 bits per heavy atom. The third-order valence-corrected chi connectivity index (χ3v) is 4.06. The highest BCUT2D eigenvalue weighted by molar-refractivity contribution is 7.89. The van der Waals surface area contributed by atoms with Crippen molar-refractivity contribution in [3.05, 3.63) is 29.6 Å². The Labute approximate surface area is 111 Å². The predicted octanol–water partition coefficient (Wildman–Crippen LogP) is 1.00. The Balaban J connectivity index is 2.20. The number of primary sulfonamides is 1. The second-order valence-corrected chi connectivity index (χ2v) is 6.53. The van der Waals surface area contributed by atoms with E-state index in [-0.39, 0.29) is 11.6 Å². The van der Waals surface area contributed by atoms with Crippen molar-refractivity contribution in [1.29, 1.82) is 0 Å². The van der Waals surface area contributed by atoms with Crippen LogP contribution in [0.3, 0.4) is 0 Å². The van der Waals surface area contributed by atoms with Gasteiger partial charge in [0, 0.05) is 11.6 Å². The first-order valence-corrected chi connectivity index (χ1v) is 7.44. The second kappa shape index (κ2) is 4.90. The van der Waals surface area contributed by atoms with E-state index >= 15 is 0 Å². The minimum absolute atomic E-state index is 0.0384. The van der Waals surface area contributed by atoms with E-state index in [1.807, 2.05) is 0 Å². The summed E-state index contributed by atoms with van der Waals surface area (Å²) in [6.07, 6.45) is 1.76. The van der Waals surface area contributed by atoms with Crippen LogP contribution in [0.1, 0.15) is 30.1 Å². The molecule has 7 heteroatoms. The smallest absolute Gasteiger partial charge is 0.251 e. The number of nitrogens with two attached hydrogens (primary N) is 1. The molecule has 1 aromatic rings. The first kappa shape index (κ1) is 14.0. The number of carbonyl (C=O) groups is 1. The van der Waals surface area contributed by atoms with Gasteiger partial charge in [0.05, 0.1) is 4.90 Å². The molecule has 1 aliphatic rings. The van der Waals surface area contributed by atoms with Gasteiger partial charge in [-0.25, -0.2) is 17.9 Å². The lowest BCUT2D eigenvalue weighted by molar-refractivity contribution is 0.0895. The Morgan fingerprint density at radius 2 is 2.00 bits per heavy atom. The van der Waals surface area contributed by atoms with Crippen molar-refractivity contribution in [3.63, 3.8) is 0 Å². The maximum atomic E-state index is 13.3. The zero-order valence-electron chi connectivity index (χ0n) is 10.4. The van der Waals surface area contributed by atoms with E-state index in [4.69, 9.17) is 5.14 Å². The van der Waals surface area contributed by atoms with Gasteiger partial charge in [0.1, 0.15) is 5.82 Å². The van der Waals surface area contributed by atoms with Crippen LogP contribution in [-0.2, 0) is 10.0 Å². The number of hydrogen-bond donors (Lipinski definition) is 2. The molecule has 1 aliphatic carbocycles. The summed E-state index contributed by atoms with van der Waals surface area (Å²) in [5.41, 5.74) is -0.0384. The second-order valence-electron chi connectivity index (χ2n) is 4.97. The lowest BCUT2D eigenvalue weighted by Crippen LogP contribution is -2.43. The molecule has 0 unspecified atom stereocenters. The molecule has 0 heterocycles. The fourth-order valence-corrected chi connectivity index (χ4v) is 2.72. The number of rotatable bonds is 3. The first-order chi connectivity index (χ1) is 8.75. The maximum Gasteiger partial charge on any atom is 0.251 e. The highest BCUT2D eigenvalue weighted by Crippen LogP contribution is 2.26. The van der Waals surface area contributed by atoms with Crippen LogP contribution in [0.5, 0.6) is 0 Å². The van der Waals surface area contributed by atoms with Gasteiger partial charge in [0.25, 0.3) is 5.91 Å². The topological polar surface area (TPSA) is 89.3 Å². The number of carbonyl (C=O) groups excluding carboxylic acids is 1. The van der Waals surface area contributed by atoms with E-state index < -0.39 is 26.6 Å². The van der Waals surface area contributed by atoms with Gasteiger partial charge >= 0.3 is 0 Å². The van der Waals surface area contributed by atoms with Gasteiger partial charge in [-0.05, 0) is 37.0 Å². The van der Waals surface area contributed by atoms with E-state index in [9.17, 15) is 17.6 Å². The zero-order valence-corrected chi connectivity index (χ0v) is 11.2. The lowest BCUT2D eigenvalue weighted by Gasteiger charge is -2.33. The van der Waals surface area contributed by atoms with Crippen LogP contribution in [0.2, 0.25) is 0 Å². The van der Waals surface area contributed by atoms with Gasteiger partial charge in [-0.1, -0.05) is 6.92 Å². The van der Waals surface area contributed by atoms with E-state index in [0.29, 0.717) is 5.92 Å². The summed E-state index contributed by atoms with van der Waals surface area (Å²) in [7, 11) is -4.03. The minimum atomic E-state index is -4.03. The Hall–Kier alpha value is -1.47. The quantitative estimate of drug-likeness (QED) is 0.868. The average molecular weight is 286 g/mol. The van der Waals surface area contributed by atoms with Crippen LogP contribution in [0, 0.1) is 11.7 Å². The Kier molecular flexibility index (Phi) is 3.60. The number of amides is 1. The van der Waals surface area contributed by atoms with Gasteiger partial charge in [0.2, 0.25) is 10.0 Å². The van der Waals surface area contributed by atoms with Crippen LogP contribution < -0.4 is 10.5 Å². The van der Waals surface area contributed by atoms with Gasteiger partial charge in [-0.15, -0.1) is 0 Å². The third kappa shape index (κ3) is 3.30. The van der Waals surface area contributed by atoms with Crippen molar-refractivity contribution in [2.24, 2.45) is 11.1 Å². The number of nitrogens with one attached hydrogen (secondary N) is 1. The lowest BCUT2D eigenvalue weighted by atomic mass is 9.82. The standard InChI is InChI=1S/C12H15FN2O3S/c1-7-2-10(3-7)15-12(16)8-4-9(13)6-11(5-8)19(14,17)18/h4-7,10H,2-3H2,1H3,(H,15,16)(H2,14,17,18). The highest BCUT2D eigenvalue weighted by atomic mass is 32.2. The first-order valence-electron chi connectivity index (χ1n) is 5.90. The third-order valence-electron chi connectivity index (χ3n) is 3.17. The molecular formula is C12H15FN2O3S. The molecule has 0 radical (unpaired) electrons. The summed E-state index contributed by atoms with van der Waals surface area (Å²) >= 11 is 0. The van der Waals surface area contributed by atoms with Crippen molar-refractivity contribution in [3.8, 4) is 0 Å². The predicted molar refractivity (Wildman–Crippen MR) is 67.4 cm³/mol. The summed E-state index contributed by atoms with van der Waals surface area (Å²) in [5, 5.41) is 7.65. The molecular weight excluding hydrogens is 271 g/mol. The monoisotopic (exact) mass is 286 g/mol. The van der Waals surface area contributed by atoms with Crippen LogP contribution in [-0.4, -0.2) is 20.4 Å². The van der Waals surface area contributed by atoms with E-state index in [1.54, 1.807) is 0 Å². The average Bonchev–Trinajstić information content (AvgIpc) is 2.24. The summed E-state index contributed by atoms with van der Waals surface area (Å²) in [4.78, 5) is 11.5. The highest BCUT2D eigenvalue weighted by Gasteiger charge is 2.27. The van der Waals surface area contributed by atoms with Gasteiger partial charge in [0.15, 0.2) is 0 Å². The summed E-state index contributed by atoms with van der Waals surface area (Å²) in [6, 6.07) is 2.93. The summed E-state index contributed by atoms with van der Waals surface area (Å²) < 4.78 is 35.7. The molecule has 1 amide bonds. The van der Waals surface area contributed by atoms with Crippen molar-refractivity contribution in [2.45, 2.75) is 30.7 Å². The molecule has 1 aromatic carbocycles. The normalized spacial score (nSPS) is 22.7. The van der Waals surface area contributed by atoms with Crippen LogP contribution >= 0.6 is 0 Å². The molecule has 0 atom stereocenters. The van der Waals surface area contributed by atoms with Crippen LogP contribution in [0.15, 0.2) is 23.1 Å². The number of hydrogen-bond acceptors (Lipinski definition) is 3. The largest absolute Gasteiger partial charge is 0.349 e. The summed E-state index contributed by atoms with van der Waals surface area (Å²) in [6.45, 7) is 2.07. The molecule has 5 nitrogen and oxygen atoms in total. The van der Waals surface area contributed by atoms with Crippen LogP contribution in [0.4, 0.5) is 4.39 Å². The molecule has 104 valence electrons. The fraction of sp³-hybridized carbons (Fsp3) is 0.417. The van der Waals surface area contributed by atoms with Crippen LogP contribution in [0.25, 0.3) is 0 Å². The number of benzene rings is 1. The fourth-order valence-electron chi connectivity index (χ4n) is 2.15. The van der Waals surface area contributed by atoms with Crippen molar-refractivity contribution in [2.75, 3.05) is 0 Å². The van der Waals surface area contributed by atoms with E-state index in [1.165, 1.54) is 0 Å². The SMILES string of the molecule is CC1CC(NC(=O)c2cc(F)cc(S(N)(=O)=O)c2)C1. The van der Waals surface area contributed by atoms with E-state index in [2.05, 4.69) is 12.2 Å². The minimum Gasteiger partial charge on any atom is -0.349 e. The maximum absolute atomic E-state index is 13.3. The molecule has 0 bridgehead atoms. The molecule has 0 aromatic heterocycles. The summed E-state index contributed by atoms with van der Waals surface area (Å²) in [5.74, 6) is -0.724. The molecule has 0 spiro atoms. The molecule has 1 fully saturated rings. The number of sulfonamides is 1.